The average Bonchev–Trinajstić information content (AvgIpc) is 2.57. The molecule has 1 fully saturated rings. The van der Waals surface area contributed by atoms with Crippen molar-refractivity contribution in [2.24, 2.45) is 11.8 Å². The van der Waals surface area contributed by atoms with E-state index in [0.717, 1.165) is 36.1 Å². The van der Waals surface area contributed by atoms with E-state index >= 15 is 0 Å². The van der Waals surface area contributed by atoms with E-state index < -0.39 is 0 Å². The van der Waals surface area contributed by atoms with E-state index in [4.69, 9.17) is 0 Å². The van der Waals surface area contributed by atoms with Gasteiger partial charge < -0.3 is 4.90 Å². The molecule has 2 unspecified atom stereocenters. The van der Waals surface area contributed by atoms with E-state index in [9.17, 15) is 4.79 Å². The summed E-state index contributed by atoms with van der Waals surface area (Å²) in [5.74, 6) is 2.06. The van der Waals surface area contributed by atoms with Crippen molar-refractivity contribution >= 4 is 17.7 Å². The number of rotatable bonds is 2. The molecule has 116 valence electrons. The fourth-order valence-electron chi connectivity index (χ4n) is 3.14. The summed E-state index contributed by atoms with van der Waals surface area (Å²) in [6.07, 6.45) is 4.24. The number of amides is 1. The van der Waals surface area contributed by atoms with Crippen LogP contribution in [0, 0.1) is 25.7 Å². The molecule has 2 heterocycles. The maximum Gasteiger partial charge on any atom is 0.258 e. The van der Waals surface area contributed by atoms with Crippen LogP contribution in [0.3, 0.4) is 0 Å². The van der Waals surface area contributed by atoms with Crippen LogP contribution in [-0.2, 0) is 0 Å². The molecule has 0 saturated carbocycles. The first-order valence-corrected chi connectivity index (χ1v) is 8.83. The first kappa shape index (κ1) is 16.3. The molecule has 4 nitrogen and oxygen atoms in total. The Labute approximate surface area is 131 Å². The van der Waals surface area contributed by atoms with E-state index in [-0.39, 0.29) is 5.91 Å². The van der Waals surface area contributed by atoms with E-state index in [1.807, 2.05) is 25.0 Å². The highest BCUT2D eigenvalue weighted by molar-refractivity contribution is 7.98. The first-order valence-electron chi connectivity index (χ1n) is 7.60. The van der Waals surface area contributed by atoms with E-state index in [1.54, 1.807) is 0 Å². The zero-order valence-corrected chi connectivity index (χ0v) is 14.5. The average molecular weight is 307 g/mol. The van der Waals surface area contributed by atoms with Crippen molar-refractivity contribution in [1.29, 1.82) is 0 Å². The molecule has 0 spiro atoms. The number of carbonyl (C=O) groups excluding carboxylic acids is 1. The molecule has 2 rings (SSSR count). The molecular formula is C16H25N3OS. The Hall–Kier alpha value is -1.10. The number of thioether (sulfide) groups is 1. The summed E-state index contributed by atoms with van der Waals surface area (Å²) in [6, 6.07) is 0. The minimum atomic E-state index is 0.0952. The van der Waals surface area contributed by atoms with Gasteiger partial charge in [-0.15, -0.1) is 11.8 Å². The van der Waals surface area contributed by atoms with E-state index in [2.05, 4.69) is 23.8 Å². The Morgan fingerprint density at radius 1 is 1.24 bits per heavy atom. The number of hydrogen-bond acceptors (Lipinski definition) is 4. The fourth-order valence-corrected chi connectivity index (χ4v) is 3.80. The van der Waals surface area contributed by atoms with Crippen LogP contribution in [0.1, 0.15) is 48.6 Å². The van der Waals surface area contributed by atoms with E-state index in [1.165, 1.54) is 18.2 Å². The number of nitrogens with zero attached hydrogens (tertiary/aromatic N) is 3. The number of aryl methyl sites for hydroxylation is 2. The highest BCUT2D eigenvalue weighted by Crippen LogP contribution is 2.26. The first-order chi connectivity index (χ1) is 9.92. The third-order valence-corrected chi connectivity index (χ3v) is 4.77. The van der Waals surface area contributed by atoms with Crippen LogP contribution in [-0.4, -0.2) is 40.1 Å². The SMILES string of the molecule is CSc1nc(C)nc(C)c1C(=O)N1CCC(C)CC(C)C1. The second-order valence-electron chi connectivity index (χ2n) is 6.23. The van der Waals surface area contributed by atoms with Crippen molar-refractivity contribution in [3.05, 3.63) is 17.1 Å². The predicted octanol–water partition coefficient (Wildman–Crippen LogP) is 3.32. The molecule has 0 N–H and O–H groups in total. The number of carbonyl (C=O) groups is 1. The number of hydrogen-bond donors (Lipinski definition) is 0. The lowest BCUT2D eigenvalue weighted by atomic mass is 9.97. The Morgan fingerprint density at radius 3 is 2.62 bits per heavy atom. The third-order valence-electron chi connectivity index (χ3n) is 4.09. The lowest BCUT2D eigenvalue weighted by molar-refractivity contribution is 0.0738. The Morgan fingerprint density at radius 2 is 1.95 bits per heavy atom. The van der Waals surface area contributed by atoms with Gasteiger partial charge in [0, 0.05) is 13.1 Å². The molecule has 21 heavy (non-hydrogen) atoms. The standard InChI is InChI=1S/C16H25N3OS/c1-10-6-7-19(9-11(2)8-10)16(20)14-12(3)17-13(4)18-15(14)21-5/h10-11H,6-9H2,1-5H3. The smallest absolute Gasteiger partial charge is 0.258 e. The topological polar surface area (TPSA) is 46.1 Å². The number of aromatic nitrogens is 2. The molecule has 0 radical (unpaired) electrons. The van der Waals surface area contributed by atoms with Crippen LogP contribution < -0.4 is 0 Å². The molecule has 2 atom stereocenters. The molecule has 1 aliphatic heterocycles. The molecule has 0 aromatic carbocycles. The quantitative estimate of drug-likeness (QED) is 0.621. The minimum Gasteiger partial charge on any atom is -0.338 e. The van der Waals surface area contributed by atoms with Gasteiger partial charge in [-0.25, -0.2) is 9.97 Å². The third kappa shape index (κ3) is 3.76. The summed E-state index contributed by atoms with van der Waals surface area (Å²) in [5.41, 5.74) is 1.48. The lowest BCUT2D eigenvalue weighted by Gasteiger charge is -2.24. The van der Waals surface area contributed by atoms with Crippen LogP contribution in [0.4, 0.5) is 0 Å². The zero-order valence-electron chi connectivity index (χ0n) is 13.6. The van der Waals surface area contributed by atoms with Gasteiger partial charge in [0.2, 0.25) is 0 Å². The summed E-state index contributed by atoms with van der Waals surface area (Å²) in [5, 5.41) is 0.801. The van der Waals surface area contributed by atoms with Gasteiger partial charge in [0.1, 0.15) is 10.9 Å². The summed E-state index contributed by atoms with van der Waals surface area (Å²) < 4.78 is 0. The molecule has 0 bridgehead atoms. The molecule has 5 heteroatoms. The molecule has 1 aromatic heterocycles. The number of likely N-dealkylation sites (tertiary alicyclic amines) is 1. The van der Waals surface area contributed by atoms with Crippen molar-refractivity contribution in [2.75, 3.05) is 19.3 Å². The van der Waals surface area contributed by atoms with Crippen molar-refractivity contribution in [3.63, 3.8) is 0 Å². The van der Waals surface area contributed by atoms with Gasteiger partial charge in [-0.1, -0.05) is 13.8 Å². The summed E-state index contributed by atoms with van der Waals surface area (Å²) in [7, 11) is 0. The fraction of sp³-hybridized carbons (Fsp3) is 0.688. The molecule has 1 saturated heterocycles. The van der Waals surface area contributed by atoms with Gasteiger partial charge in [-0.05, 0) is 44.8 Å². The van der Waals surface area contributed by atoms with Crippen molar-refractivity contribution < 1.29 is 4.79 Å². The summed E-state index contributed by atoms with van der Waals surface area (Å²) in [6.45, 7) is 9.96. The molecule has 0 aliphatic carbocycles. The van der Waals surface area contributed by atoms with E-state index in [0.29, 0.717) is 17.4 Å². The summed E-state index contributed by atoms with van der Waals surface area (Å²) >= 11 is 1.52. The van der Waals surface area contributed by atoms with Crippen LogP contribution >= 0.6 is 11.8 Å². The Bertz CT molecular complexity index is 532. The van der Waals surface area contributed by atoms with Crippen molar-refractivity contribution in [2.45, 2.75) is 45.6 Å². The molecule has 1 amide bonds. The largest absolute Gasteiger partial charge is 0.338 e. The second-order valence-corrected chi connectivity index (χ2v) is 7.02. The minimum absolute atomic E-state index is 0.0952. The normalized spacial score (nSPS) is 23.0. The van der Waals surface area contributed by atoms with Gasteiger partial charge in [0.25, 0.3) is 5.91 Å². The zero-order chi connectivity index (χ0) is 15.6. The van der Waals surface area contributed by atoms with Crippen LogP contribution in [0.15, 0.2) is 5.03 Å². The Kier molecular flexibility index (Phi) is 5.25. The van der Waals surface area contributed by atoms with Gasteiger partial charge in [-0.2, -0.15) is 0 Å². The molecule has 1 aliphatic rings. The maximum absolute atomic E-state index is 12.9. The highest BCUT2D eigenvalue weighted by atomic mass is 32.2. The highest BCUT2D eigenvalue weighted by Gasteiger charge is 2.27. The molecule has 1 aromatic rings. The van der Waals surface area contributed by atoms with Crippen molar-refractivity contribution in [3.8, 4) is 0 Å². The van der Waals surface area contributed by atoms with Gasteiger partial charge >= 0.3 is 0 Å². The van der Waals surface area contributed by atoms with Gasteiger partial charge in [-0.3, -0.25) is 4.79 Å². The van der Waals surface area contributed by atoms with Crippen LogP contribution in [0.2, 0.25) is 0 Å². The molecular weight excluding hydrogens is 282 g/mol. The Balaban J connectivity index is 2.31. The van der Waals surface area contributed by atoms with Crippen LogP contribution in [0.25, 0.3) is 0 Å². The van der Waals surface area contributed by atoms with Crippen LogP contribution in [0.5, 0.6) is 0 Å². The van der Waals surface area contributed by atoms with Crippen molar-refractivity contribution in [1.82, 2.24) is 14.9 Å². The lowest BCUT2D eigenvalue weighted by Crippen LogP contribution is -2.35. The van der Waals surface area contributed by atoms with Gasteiger partial charge in [0.05, 0.1) is 11.3 Å². The predicted molar refractivity (Wildman–Crippen MR) is 86.8 cm³/mol. The monoisotopic (exact) mass is 307 g/mol. The second kappa shape index (κ2) is 6.77. The van der Waals surface area contributed by atoms with Gasteiger partial charge in [0.15, 0.2) is 0 Å². The maximum atomic E-state index is 12.9. The summed E-state index contributed by atoms with van der Waals surface area (Å²) in [4.78, 5) is 23.8.